The maximum atomic E-state index is 13.3. The summed E-state index contributed by atoms with van der Waals surface area (Å²) in [6.07, 6.45) is 3.08. The van der Waals surface area contributed by atoms with Crippen molar-refractivity contribution in [2.45, 2.75) is 36.0 Å². The van der Waals surface area contributed by atoms with Crippen LogP contribution < -0.4 is 5.32 Å². The van der Waals surface area contributed by atoms with E-state index in [-0.39, 0.29) is 11.9 Å². The number of para-hydroxylation sites is 1. The Balaban J connectivity index is 1.43. The Bertz CT molecular complexity index is 1230. The maximum absolute atomic E-state index is 13.3. The van der Waals surface area contributed by atoms with Gasteiger partial charge < -0.3 is 9.73 Å². The number of thioether (sulfide) groups is 1. The molecule has 3 aromatic carbocycles. The molecule has 0 saturated carbocycles. The van der Waals surface area contributed by atoms with E-state index in [1.54, 1.807) is 11.8 Å². The molecule has 1 N–H and O–H groups in total. The number of hydrogen-bond donors (Lipinski definition) is 1. The molecule has 1 aliphatic rings. The van der Waals surface area contributed by atoms with E-state index in [0.717, 1.165) is 40.7 Å². The number of furan rings is 1. The Morgan fingerprint density at radius 1 is 1.03 bits per heavy atom. The van der Waals surface area contributed by atoms with Crippen LogP contribution in [0.15, 0.2) is 82.1 Å². The summed E-state index contributed by atoms with van der Waals surface area (Å²) >= 11 is 7.68. The van der Waals surface area contributed by atoms with Crippen LogP contribution >= 0.6 is 23.4 Å². The van der Waals surface area contributed by atoms with E-state index in [1.165, 1.54) is 11.1 Å². The van der Waals surface area contributed by atoms with Crippen molar-refractivity contribution in [3.05, 3.63) is 100 Å². The van der Waals surface area contributed by atoms with Gasteiger partial charge in [0.1, 0.15) is 5.58 Å². The minimum atomic E-state index is -0.149. The van der Waals surface area contributed by atoms with Crippen LogP contribution in [-0.4, -0.2) is 5.91 Å². The van der Waals surface area contributed by atoms with Crippen LogP contribution in [-0.2, 0) is 12.2 Å². The molecule has 1 atom stereocenters. The number of aryl methyl sites for hydroxylation is 1. The average molecular weight is 448 g/mol. The molecule has 1 amide bonds. The number of fused-ring (bicyclic) bond motifs is 2. The van der Waals surface area contributed by atoms with Crippen molar-refractivity contribution >= 4 is 40.2 Å². The standard InChI is InChI=1S/C26H22ClNO2S/c27-18-12-14-19(15-13-18)31-16-22-21-9-3-4-11-24(21)30-25(22)26(29)28-23-10-5-7-17-6-1-2-8-20(17)23/h1-4,6,8-9,11-15,23H,5,7,10,16H2,(H,28,29). The summed E-state index contributed by atoms with van der Waals surface area (Å²) in [4.78, 5) is 14.4. The van der Waals surface area contributed by atoms with E-state index in [0.29, 0.717) is 16.5 Å². The van der Waals surface area contributed by atoms with Crippen LogP contribution in [0.4, 0.5) is 0 Å². The van der Waals surface area contributed by atoms with Crippen molar-refractivity contribution in [2.24, 2.45) is 0 Å². The quantitative estimate of drug-likeness (QED) is 0.329. The third-order valence-corrected chi connectivity index (χ3v) is 7.07. The van der Waals surface area contributed by atoms with E-state index < -0.39 is 0 Å². The molecule has 0 spiro atoms. The Hall–Kier alpha value is -2.69. The molecule has 1 unspecified atom stereocenters. The van der Waals surface area contributed by atoms with Gasteiger partial charge in [-0.2, -0.15) is 0 Å². The van der Waals surface area contributed by atoms with E-state index in [9.17, 15) is 4.79 Å². The lowest BCUT2D eigenvalue weighted by atomic mass is 9.87. The molecule has 5 rings (SSSR count). The van der Waals surface area contributed by atoms with Gasteiger partial charge in [0.25, 0.3) is 5.91 Å². The SMILES string of the molecule is O=C(NC1CCCc2ccccc21)c1oc2ccccc2c1CSc1ccc(Cl)cc1. The number of carbonyl (C=O) groups is 1. The normalized spacial score (nSPS) is 15.6. The zero-order valence-electron chi connectivity index (χ0n) is 16.9. The molecule has 1 heterocycles. The van der Waals surface area contributed by atoms with Crippen LogP contribution in [0.5, 0.6) is 0 Å². The number of rotatable bonds is 5. The highest BCUT2D eigenvalue weighted by molar-refractivity contribution is 7.98. The Kier molecular flexibility index (Phi) is 5.75. The van der Waals surface area contributed by atoms with Crippen LogP contribution in [0.3, 0.4) is 0 Å². The van der Waals surface area contributed by atoms with E-state index in [2.05, 4.69) is 23.5 Å². The van der Waals surface area contributed by atoms with Gasteiger partial charge >= 0.3 is 0 Å². The maximum Gasteiger partial charge on any atom is 0.287 e. The Morgan fingerprint density at radius 2 is 1.81 bits per heavy atom. The van der Waals surface area contributed by atoms with Gasteiger partial charge in [-0.05, 0) is 60.7 Å². The summed E-state index contributed by atoms with van der Waals surface area (Å²) in [5.74, 6) is 0.901. The molecule has 5 heteroatoms. The van der Waals surface area contributed by atoms with Gasteiger partial charge in [-0.1, -0.05) is 54.1 Å². The Morgan fingerprint density at radius 3 is 2.68 bits per heavy atom. The van der Waals surface area contributed by atoms with Gasteiger partial charge in [-0.3, -0.25) is 4.79 Å². The molecule has 156 valence electrons. The highest BCUT2D eigenvalue weighted by Gasteiger charge is 2.26. The molecule has 0 aliphatic heterocycles. The third kappa shape index (κ3) is 4.23. The van der Waals surface area contributed by atoms with Crippen LogP contribution in [0.1, 0.15) is 46.1 Å². The van der Waals surface area contributed by atoms with Gasteiger partial charge in [0, 0.05) is 26.6 Å². The largest absolute Gasteiger partial charge is 0.451 e. The van der Waals surface area contributed by atoms with Gasteiger partial charge in [0.05, 0.1) is 6.04 Å². The summed E-state index contributed by atoms with van der Waals surface area (Å²) in [7, 11) is 0. The highest BCUT2D eigenvalue weighted by Crippen LogP contribution is 2.34. The summed E-state index contributed by atoms with van der Waals surface area (Å²) in [5.41, 5.74) is 4.21. The number of amides is 1. The first kappa shape index (κ1) is 20.2. The predicted molar refractivity (Wildman–Crippen MR) is 127 cm³/mol. The second-order valence-corrected chi connectivity index (χ2v) is 9.25. The van der Waals surface area contributed by atoms with Crippen LogP contribution in [0.2, 0.25) is 5.02 Å². The smallest absolute Gasteiger partial charge is 0.287 e. The topological polar surface area (TPSA) is 42.2 Å². The molecule has 1 aromatic heterocycles. The molecule has 4 aromatic rings. The molecular formula is C26H22ClNO2S. The first-order valence-electron chi connectivity index (χ1n) is 10.5. The minimum Gasteiger partial charge on any atom is -0.451 e. The van der Waals surface area contributed by atoms with Crippen molar-refractivity contribution in [1.29, 1.82) is 0 Å². The lowest BCUT2D eigenvalue weighted by molar-refractivity contribution is 0.0906. The number of hydrogen-bond acceptors (Lipinski definition) is 3. The zero-order valence-corrected chi connectivity index (χ0v) is 18.5. The molecule has 0 saturated heterocycles. The second-order valence-electron chi connectivity index (χ2n) is 7.77. The van der Waals surface area contributed by atoms with E-state index >= 15 is 0 Å². The third-order valence-electron chi connectivity index (χ3n) is 5.78. The molecule has 1 aliphatic carbocycles. The fraction of sp³-hybridized carbons (Fsp3) is 0.192. The lowest BCUT2D eigenvalue weighted by Gasteiger charge is -2.26. The fourth-order valence-electron chi connectivity index (χ4n) is 4.24. The second kappa shape index (κ2) is 8.81. The zero-order chi connectivity index (χ0) is 21.2. The minimum absolute atomic E-state index is 0.0161. The molecular weight excluding hydrogens is 426 g/mol. The van der Waals surface area contributed by atoms with Crippen molar-refractivity contribution in [3.8, 4) is 0 Å². The van der Waals surface area contributed by atoms with Crippen LogP contribution in [0.25, 0.3) is 11.0 Å². The summed E-state index contributed by atoms with van der Waals surface area (Å²) in [6, 6.07) is 24.0. The van der Waals surface area contributed by atoms with Gasteiger partial charge in [0.15, 0.2) is 5.76 Å². The molecule has 0 fully saturated rings. The average Bonchev–Trinajstić information content (AvgIpc) is 3.18. The summed E-state index contributed by atoms with van der Waals surface area (Å²) in [5, 5.41) is 4.94. The molecule has 0 bridgehead atoms. The van der Waals surface area contributed by atoms with E-state index in [4.69, 9.17) is 16.0 Å². The van der Waals surface area contributed by atoms with Crippen molar-refractivity contribution < 1.29 is 9.21 Å². The summed E-state index contributed by atoms with van der Waals surface area (Å²) in [6.45, 7) is 0. The van der Waals surface area contributed by atoms with E-state index in [1.807, 2.05) is 54.6 Å². The van der Waals surface area contributed by atoms with Gasteiger partial charge in [-0.25, -0.2) is 0 Å². The molecule has 3 nitrogen and oxygen atoms in total. The van der Waals surface area contributed by atoms with Crippen molar-refractivity contribution in [2.75, 3.05) is 0 Å². The number of carbonyl (C=O) groups excluding carboxylic acids is 1. The van der Waals surface area contributed by atoms with Gasteiger partial charge in [0.2, 0.25) is 0 Å². The number of halogens is 1. The van der Waals surface area contributed by atoms with Crippen molar-refractivity contribution in [3.63, 3.8) is 0 Å². The van der Waals surface area contributed by atoms with Crippen molar-refractivity contribution in [1.82, 2.24) is 5.32 Å². The monoisotopic (exact) mass is 447 g/mol. The first-order valence-corrected chi connectivity index (χ1v) is 11.8. The summed E-state index contributed by atoms with van der Waals surface area (Å²) < 4.78 is 6.05. The predicted octanol–water partition coefficient (Wildman–Crippen LogP) is 7.19. The highest BCUT2D eigenvalue weighted by atomic mass is 35.5. The first-order chi connectivity index (χ1) is 15.2. The molecule has 31 heavy (non-hydrogen) atoms. The molecule has 0 radical (unpaired) electrons. The Labute approximate surface area is 190 Å². The van der Waals surface area contributed by atoms with Gasteiger partial charge in [-0.15, -0.1) is 11.8 Å². The fourth-order valence-corrected chi connectivity index (χ4v) is 5.29. The van der Waals surface area contributed by atoms with Crippen LogP contribution in [0, 0.1) is 0 Å². The lowest BCUT2D eigenvalue weighted by Crippen LogP contribution is -2.31. The number of benzene rings is 3. The number of nitrogens with one attached hydrogen (secondary N) is 1.